The molecule has 0 unspecified atom stereocenters. The predicted molar refractivity (Wildman–Crippen MR) is 202 cm³/mol. The highest BCUT2D eigenvalue weighted by Gasteiger charge is 2.34. The van der Waals surface area contributed by atoms with Crippen LogP contribution in [0.4, 0.5) is 5.69 Å². The lowest BCUT2D eigenvalue weighted by molar-refractivity contribution is -0.140. The van der Waals surface area contributed by atoms with E-state index in [0.29, 0.717) is 23.1 Å². The van der Waals surface area contributed by atoms with E-state index >= 15 is 0 Å². The summed E-state index contributed by atoms with van der Waals surface area (Å²) >= 11 is 6.19. The topological polar surface area (TPSA) is 96.0 Å². The highest BCUT2D eigenvalue weighted by Crippen LogP contribution is 2.29. The standard InChI is InChI=1S/C41H42ClN3O5S/c1-30(2)27-43-41(47)39(26-32-10-6-4-7-11-32)44(28-33-16-18-34(42)19-17-33)40(46)29-45(51(48,49)38-24-14-31(3)15-25-38)35-20-22-37(23-21-35)50-36-12-8-5-9-13-36/h4-25,30,39H,26-29H2,1-3H3,(H,43,47)/t39-/m0/s1. The van der Waals surface area contributed by atoms with Gasteiger partial charge in [0, 0.05) is 24.5 Å². The number of aryl methyl sites for hydroxylation is 1. The summed E-state index contributed by atoms with van der Waals surface area (Å²) in [4.78, 5) is 30.2. The number of ether oxygens (including phenoxy) is 1. The van der Waals surface area contributed by atoms with Gasteiger partial charge in [-0.3, -0.25) is 13.9 Å². The second kappa shape index (κ2) is 17.2. The maximum Gasteiger partial charge on any atom is 0.264 e. The highest BCUT2D eigenvalue weighted by molar-refractivity contribution is 7.92. The second-order valence-electron chi connectivity index (χ2n) is 12.7. The third-order valence-corrected chi connectivity index (χ3v) is 10.3. The number of benzene rings is 5. The van der Waals surface area contributed by atoms with Crippen LogP contribution in [0.5, 0.6) is 11.5 Å². The molecule has 0 heterocycles. The number of sulfonamides is 1. The fraction of sp³-hybridized carbons (Fsp3) is 0.220. The van der Waals surface area contributed by atoms with E-state index in [1.165, 1.54) is 17.0 Å². The van der Waals surface area contributed by atoms with Crippen LogP contribution in [0.25, 0.3) is 0 Å². The first-order valence-electron chi connectivity index (χ1n) is 16.8. The SMILES string of the molecule is Cc1ccc(S(=O)(=O)N(CC(=O)N(Cc2ccc(Cl)cc2)[C@@H](Cc2ccccc2)C(=O)NCC(C)C)c2ccc(Oc3ccccc3)cc2)cc1. The molecule has 0 aromatic heterocycles. The molecule has 0 fully saturated rings. The number of carbonyl (C=O) groups excluding carboxylic acids is 2. The molecule has 1 N–H and O–H groups in total. The molecule has 2 amide bonds. The van der Waals surface area contributed by atoms with E-state index in [2.05, 4.69) is 5.32 Å². The third-order valence-electron chi connectivity index (χ3n) is 8.21. The molecule has 8 nitrogen and oxygen atoms in total. The number of hydrogen-bond donors (Lipinski definition) is 1. The maximum atomic E-state index is 14.7. The number of halogens is 1. The summed E-state index contributed by atoms with van der Waals surface area (Å²) in [5, 5.41) is 3.54. The first kappa shape index (κ1) is 37.1. The van der Waals surface area contributed by atoms with Crippen LogP contribution >= 0.6 is 11.6 Å². The van der Waals surface area contributed by atoms with Crippen molar-refractivity contribution in [1.82, 2.24) is 10.2 Å². The molecule has 0 radical (unpaired) electrons. The molecule has 0 aliphatic heterocycles. The molecule has 0 saturated carbocycles. The first-order chi connectivity index (χ1) is 24.5. The van der Waals surface area contributed by atoms with Gasteiger partial charge in [0.2, 0.25) is 11.8 Å². The Bertz CT molecular complexity index is 1990. The van der Waals surface area contributed by atoms with Crippen LogP contribution in [-0.4, -0.2) is 44.3 Å². The van der Waals surface area contributed by atoms with Crippen molar-refractivity contribution in [2.45, 2.75) is 44.7 Å². The molecule has 5 rings (SSSR count). The second-order valence-corrected chi connectivity index (χ2v) is 15.0. The normalized spacial score (nSPS) is 11.9. The number of rotatable bonds is 15. The quantitative estimate of drug-likeness (QED) is 0.118. The molecule has 5 aromatic carbocycles. The monoisotopic (exact) mass is 723 g/mol. The van der Waals surface area contributed by atoms with Crippen molar-refractivity contribution in [2.75, 3.05) is 17.4 Å². The Hall–Kier alpha value is -5.12. The minimum atomic E-state index is -4.25. The summed E-state index contributed by atoms with van der Waals surface area (Å²) in [6.07, 6.45) is 0.223. The largest absolute Gasteiger partial charge is 0.457 e. The zero-order valence-corrected chi connectivity index (χ0v) is 30.5. The molecular formula is C41H42ClN3O5S. The van der Waals surface area contributed by atoms with Gasteiger partial charge >= 0.3 is 0 Å². The number of carbonyl (C=O) groups is 2. The van der Waals surface area contributed by atoms with E-state index in [1.54, 1.807) is 60.7 Å². The van der Waals surface area contributed by atoms with Crippen LogP contribution in [0.3, 0.4) is 0 Å². The Morgan fingerprint density at radius 2 is 1.33 bits per heavy atom. The molecule has 51 heavy (non-hydrogen) atoms. The molecule has 264 valence electrons. The summed E-state index contributed by atoms with van der Waals surface area (Å²) in [6.45, 7) is 5.75. The summed E-state index contributed by atoms with van der Waals surface area (Å²) in [5.74, 6) is 0.424. The van der Waals surface area contributed by atoms with Crippen LogP contribution < -0.4 is 14.4 Å². The molecule has 0 bridgehead atoms. The van der Waals surface area contributed by atoms with Crippen LogP contribution in [0.2, 0.25) is 5.02 Å². The summed E-state index contributed by atoms with van der Waals surface area (Å²) in [7, 11) is -4.25. The van der Waals surface area contributed by atoms with Crippen LogP contribution in [0.15, 0.2) is 138 Å². The number of amides is 2. The van der Waals surface area contributed by atoms with Crippen molar-refractivity contribution in [1.29, 1.82) is 0 Å². The van der Waals surface area contributed by atoms with E-state index in [1.807, 2.05) is 81.4 Å². The van der Waals surface area contributed by atoms with Crippen molar-refractivity contribution < 1.29 is 22.7 Å². The number of para-hydroxylation sites is 1. The number of nitrogens with zero attached hydrogens (tertiary/aromatic N) is 2. The summed E-state index contributed by atoms with van der Waals surface area (Å²) < 4.78 is 35.8. The fourth-order valence-corrected chi connectivity index (χ4v) is 6.97. The molecule has 0 aliphatic carbocycles. The highest BCUT2D eigenvalue weighted by atomic mass is 35.5. The lowest BCUT2D eigenvalue weighted by atomic mass is 10.0. The van der Waals surface area contributed by atoms with Crippen LogP contribution in [0, 0.1) is 12.8 Å². The minimum Gasteiger partial charge on any atom is -0.457 e. The van der Waals surface area contributed by atoms with Gasteiger partial charge in [0.15, 0.2) is 0 Å². The zero-order chi connectivity index (χ0) is 36.4. The van der Waals surface area contributed by atoms with E-state index in [4.69, 9.17) is 16.3 Å². The Morgan fingerprint density at radius 3 is 1.94 bits per heavy atom. The molecule has 5 aromatic rings. The molecule has 0 aliphatic rings. The smallest absolute Gasteiger partial charge is 0.264 e. The van der Waals surface area contributed by atoms with E-state index in [9.17, 15) is 18.0 Å². The van der Waals surface area contributed by atoms with Crippen molar-refractivity contribution in [3.8, 4) is 11.5 Å². The Labute approximate surface area is 305 Å². The number of anilines is 1. The van der Waals surface area contributed by atoms with Crippen molar-refractivity contribution >= 4 is 39.1 Å². The van der Waals surface area contributed by atoms with Gasteiger partial charge in [0.1, 0.15) is 24.1 Å². The first-order valence-corrected chi connectivity index (χ1v) is 18.6. The third kappa shape index (κ3) is 10.2. The van der Waals surface area contributed by atoms with Crippen molar-refractivity contribution in [3.05, 3.63) is 155 Å². The average Bonchev–Trinajstić information content (AvgIpc) is 3.13. The van der Waals surface area contributed by atoms with E-state index < -0.39 is 28.5 Å². The molecular weight excluding hydrogens is 682 g/mol. The van der Waals surface area contributed by atoms with Crippen LogP contribution in [-0.2, 0) is 32.6 Å². The van der Waals surface area contributed by atoms with Crippen molar-refractivity contribution in [2.24, 2.45) is 5.92 Å². The summed E-state index contributed by atoms with van der Waals surface area (Å²) in [5.41, 5.74) is 2.75. The molecule has 0 saturated heterocycles. The lowest BCUT2D eigenvalue weighted by Gasteiger charge is -2.34. The Morgan fingerprint density at radius 1 is 0.745 bits per heavy atom. The van der Waals surface area contributed by atoms with Gasteiger partial charge in [-0.25, -0.2) is 8.42 Å². The van der Waals surface area contributed by atoms with Crippen molar-refractivity contribution in [3.63, 3.8) is 0 Å². The molecule has 10 heteroatoms. The predicted octanol–water partition coefficient (Wildman–Crippen LogP) is 8.05. The van der Waals surface area contributed by atoms with Gasteiger partial charge in [-0.2, -0.15) is 0 Å². The zero-order valence-electron chi connectivity index (χ0n) is 28.9. The van der Waals surface area contributed by atoms with Gasteiger partial charge in [0.05, 0.1) is 10.6 Å². The van der Waals surface area contributed by atoms with Gasteiger partial charge in [-0.15, -0.1) is 0 Å². The van der Waals surface area contributed by atoms with E-state index in [0.717, 1.165) is 21.0 Å². The Kier molecular flexibility index (Phi) is 12.5. The number of nitrogens with one attached hydrogen (secondary N) is 1. The number of hydrogen-bond acceptors (Lipinski definition) is 5. The fourth-order valence-electron chi connectivity index (χ4n) is 5.43. The van der Waals surface area contributed by atoms with Gasteiger partial charge < -0.3 is 15.0 Å². The summed E-state index contributed by atoms with van der Waals surface area (Å²) in [6, 6.07) is 37.8. The van der Waals surface area contributed by atoms with Gasteiger partial charge in [-0.05, 0) is 84.6 Å². The minimum absolute atomic E-state index is 0.0327. The maximum absolute atomic E-state index is 14.7. The molecule has 1 atom stereocenters. The lowest BCUT2D eigenvalue weighted by Crippen LogP contribution is -2.53. The van der Waals surface area contributed by atoms with E-state index in [-0.39, 0.29) is 35.4 Å². The Balaban J connectivity index is 1.55. The van der Waals surface area contributed by atoms with Gasteiger partial charge in [0.25, 0.3) is 10.0 Å². The molecule has 0 spiro atoms. The van der Waals surface area contributed by atoms with Gasteiger partial charge in [-0.1, -0.05) is 104 Å². The van der Waals surface area contributed by atoms with Crippen LogP contribution in [0.1, 0.15) is 30.5 Å². The average molecular weight is 724 g/mol.